The Morgan fingerprint density at radius 1 is 1.17 bits per heavy atom. The smallest absolute Gasteiger partial charge is 0.326 e. The molecule has 4 aromatic rings. The molecule has 1 saturated carbocycles. The highest BCUT2D eigenvalue weighted by Gasteiger charge is 2.54. The number of benzene rings is 1. The molecule has 2 aliphatic heterocycles. The van der Waals surface area contributed by atoms with Crippen molar-refractivity contribution in [2.45, 2.75) is 25.3 Å². The molecule has 3 fully saturated rings. The van der Waals surface area contributed by atoms with Gasteiger partial charge in [0, 0.05) is 50.1 Å². The maximum Gasteiger partial charge on any atom is 0.326 e. The summed E-state index contributed by atoms with van der Waals surface area (Å²) in [5, 5.41) is 4.55. The van der Waals surface area contributed by atoms with E-state index in [0.29, 0.717) is 35.4 Å². The third-order valence-electron chi connectivity index (χ3n) is 7.62. The van der Waals surface area contributed by atoms with Gasteiger partial charge in [0.1, 0.15) is 17.3 Å². The molecule has 1 aliphatic carbocycles. The van der Waals surface area contributed by atoms with Gasteiger partial charge in [-0.1, -0.05) is 0 Å². The van der Waals surface area contributed by atoms with Crippen LogP contribution in [0, 0.1) is 11.2 Å². The second-order valence-corrected chi connectivity index (χ2v) is 9.82. The van der Waals surface area contributed by atoms with Gasteiger partial charge in [-0.3, -0.25) is 0 Å². The second kappa shape index (κ2) is 7.38. The van der Waals surface area contributed by atoms with E-state index in [-0.39, 0.29) is 23.3 Å². The first-order chi connectivity index (χ1) is 17.0. The highest BCUT2D eigenvalue weighted by Crippen LogP contribution is 2.53. The molecule has 10 nitrogen and oxygen atoms in total. The lowest BCUT2D eigenvalue weighted by atomic mass is 10.0. The van der Waals surface area contributed by atoms with E-state index in [1.165, 1.54) is 12.1 Å². The fourth-order valence-corrected chi connectivity index (χ4v) is 5.29. The topological polar surface area (TPSA) is 121 Å². The maximum atomic E-state index is 14.5. The molecule has 11 heteroatoms. The third-order valence-corrected chi connectivity index (χ3v) is 7.62. The monoisotopic (exact) mass is 475 g/mol. The normalized spacial score (nSPS) is 20.6. The average Bonchev–Trinajstić information content (AvgIpc) is 3.40. The summed E-state index contributed by atoms with van der Waals surface area (Å²) in [7, 11) is 1.76. The molecule has 3 aromatic heterocycles. The lowest BCUT2D eigenvalue weighted by Gasteiger charge is -2.30. The van der Waals surface area contributed by atoms with E-state index < -0.39 is 0 Å². The SMILES string of the molecule is CNc1cc(F)cc2c1[nH]c1nc(Oc3cnc(N4CCC4)nc3)nc(N3C[C@H](N)C4(CC4)C3)c12. The van der Waals surface area contributed by atoms with Gasteiger partial charge in [0.15, 0.2) is 5.75 Å². The summed E-state index contributed by atoms with van der Waals surface area (Å²) < 4.78 is 20.5. The van der Waals surface area contributed by atoms with Gasteiger partial charge in [-0.05, 0) is 31.4 Å². The van der Waals surface area contributed by atoms with Gasteiger partial charge in [0.05, 0.1) is 29.0 Å². The van der Waals surface area contributed by atoms with Crippen molar-refractivity contribution in [1.82, 2.24) is 24.9 Å². The van der Waals surface area contributed by atoms with Crippen LogP contribution in [0.25, 0.3) is 21.9 Å². The van der Waals surface area contributed by atoms with Gasteiger partial charge in [-0.15, -0.1) is 0 Å². The van der Waals surface area contributed by atoms with Crippen LogP contribution in [0.15, 0.2) is 24.5 Å². The maximum absolute atomic E-state index is 14.5. The zero-order valence-corrected chi connectivity index (χ0v) is 19.4. The molecule has 2 saturated heterocycles. The van der Waals surface area contributed by atoms with Crippen LogP contribution < -0.4 is 25.6 Å². The van der Waals surface area contributed by atoms with Crippen LogP contribution in [0.5, 0.6) is 11.8 Å². The molecule has 5 heterocycles. The number of halogens is 1. The van der Waals surface area contributed by atoms with Crippen molar-refractivity contribution in [2.24, 2.45) is 11.1 Å². The first-order valence-corrected chi connectivity index (χ1v) is 12.0. The van der Waals surface area contributed by atoms with Crippen molar-refractivity contribution < 1.29 is 9.13 Å². The summed E-state index contributed by atoms with van der Waals surface area (Å²) in [5.41, 5.74) is 8.64. The number of aromatic amines is 1. The zero-order chi connectivity index (χ0) is 23.7. The number of hydrogen-bond donors (Lipinski definition) is 3. The second-order valence-electron chi connectivity index (χ2n) is 9.82. The molecular formula is C24H26FN9O. The van der Waals surface area contributed by atoms with Crippen LogP contribution in [0.1, 0.15) is 19.3 Å². The summed E-state index contributed by atoms with van der Waals surface area (Å²) in [6.45, 7) is 3.44. The van der Waals surface area contributed by atoms with E-state index in [1.54, 1.807) is 19.4 Å². The molecule has 180 valence electrons. The van der Waals surface area contributed by atoms with Crippen LogP contribution in [-0.4, -0.2) is 64.2 Å². The summed E-state index contributed by atoms with van der Waals surface area (Å²) in [6, 6.07) is 3.24. The number of nitrogens with two attached hydrogens (primary N) is 1. The standard InChI is InChI=1S/C24H26FN9O/c1-27-16-8-13(25)7-15-18-20(30-19(15)16)31-23(32-21(18)34-11-17(26)24(12-34)3-4-24)35-14-9-28-22(29-10-14)33-5-2-6-33/h7-10,17,27H,2-6,11-12,26H2,1H3,(H,30,31,32)/t17-/m0/s1. The van der Waals surface area contributed by atoms with E-state index in [0.717, 1.165) is 55.2 Å². The van der Waals surface area contributed by atoms with E-state index in [1.807, 2.05) is 0 Å². The number of nitrogens with one attached hydrogen (secondary N) is 2. The first-order valence-electron chi connectivity index (χ1n) is 12.0. The Bertz CT molecular complexity index is 1450. The molecule has 7 rings (SSSR count). The average molecular weight is 476 g/mol. The van der Waals surface area contributed by atoms with Gasteiger partial charge in [0.25, 0.3) is 0 Å². The van der Waals surface area contributed by atoms with Crippen molar-refractivity contribution in [3.8, 4) is 11.8 Å². The molecule has 0 amide bonds. The summed E-state index contributed by atoms with van der Waals surface area (Å²) in [5.74, 6) is 1.51. The Labute approximate surface area is 200 Å². The highest BCUT2D eigenvalue weighted by atomic mass is 19.1. The first kappa shape index (κ1) is 20.6. The Kier molecular flexibility index (Phi) is 4.35. The predicted octanol–water partition coefficient (Wildman–Crippen LogP) is 3.01. The third kappa shape index (κ3) is 3.25. The Hall–Kier alpha value is -3.73. The lowest BCUT2D eigenvalue weighted by Crippen LogP contribution is -2.38. The molecule has 35 heavy (non-hydrogen) atoms. The number of rotatable bonds is 5. The summed E-state index contributed by atoms with van der Waals surface area (Å²) >= 11 is 0. The fourth-order valence-electron chi connectivity index (χ4n) is 5.29. The van der Waals surface area contributed by atoms with E-state index in [9.17, 15) is 4.39 Å². The highest BCUT2D eigenvalue weighted by molar-refractivity contribution is 6.14. The minimum absolute atomic E-state index is 0.0779. The summed E-state index contributed by atoms with van der Waals surface area (Å²) in [6.07, 6.45) is 6.67. The largest absolute Gasteiger partial charge is 0.421 e. The lowest BCUT2D eigenvalue weighted by molar-refractivity contribution is 0.439. The number of H-pyrrole nitrogens is 1. The Morgan fingerprint density at radius 3 is 2.63 bits per heavy atom. The number of aromatic nitrogens is 5. The molecule has 0 radical (unpaired) electrons. The number of anilines is 3. The fraction of sp³-hybridized carbons (Fsp3) is 0.417. The zero-order valence-electron chi connectivity index (χ0n) is 19.4. The quantitative estimate of drug-likeness (QED) is 0.400. The Balaban J connectivity index is 1.34. The minimum atomic E-state index is -0.328. The minimum Gasteiger partial charge on any atom is -0.421 e. The molecule has 1 aromatic carbocycles. The van der Waals surface area contributed by atoms with Crippen molar-refractivity contribution >= 4 is 39.4 Å². The van der Waals surface area contributed by atoms with Crippen LogP contribution in [0.2, 0.25) is 0 Å². The van der Waals surface area contributed by atoms with Crippen molar-refractivity contribution in [1.29, 1.82) is 0 Å². The van der Waals surface area contributed by atoms with Crippen molar-refractivity contribution in [2.75, 3.05) is 48.3 Å². The summed E-state index contributed by atoms with van der Waals surface area (Å²) in [4.78, 5) is 25.9. The number of ether oxygens (including phenoxy) is 1. The molecule has 4 N–H and O–H groups in total. The van der Waals surface area contributed by atoms with Gasteiger partial charge in [-0.2, -0.15) is 9.97 Å². The van der Waals surface area contributed by atoms with Gasteiger partial charge in [-0.25, -0.2) is 14.4 Å². The van der Waals surface area contributed by atoms with Gasteiger partial charge in [0.2, 0.25) is 5.95 Å². The van der Waals surface area contributed by atoms with Crippen LogP contribution in [0.4, 0.5) is 21.8 Å². The predicted molar refractivity (Wildman–Crippen MR) is 132 cm³/mol. The van der Waals surface area contributed by atoms with E-state index in [2.05, 4.69) is 35.1 Å². The molecule has 3 aliphatic rings. The molecule has 0 bridgehead atoms. The van der Waals surface area contributed by atoms with Crippen molar-refractivity contribution in [3.05, 3.63) is 30.3 Å². The molecule has 1 atom stereocenters. The van der Waals surface area contributed by atoms with E-state index in [4.69, 9.17) is 15.5 Å². The molecule has 1 spiro atoms. The molecular weight excluding hydrogens is 449 g/mol. The van der Waals surface area contributed by atoms with Crippen LogP contribution in [-0.2, 0) is 0 Å². The molecule has 0 unspecified atom stereocenters. The Morgan fingerprint density at radius 2 is 1.97 bits per heavy atom. The number of hydrogen-bond acceptors (Lipinski definition) is 9. The van der Waals surface area contributed by atoms with Crippen LogP contribution in [0.3, 0.4) is 0 Å². The number of nitrogens with zero attached hydrogens (tertiary/aromatic N) is 6. The van der Waals surface area contributed by atoms with Gasteiger partial charge >= 0.3 is 6.01 Å². The van der Waals surface area contributed by atoms with Crippen molar-refractivity contribution in [3.63, 3.8) is 0 Å². The van der Waals surface area contributed by atoms with E-state index >= 15 is 0 Å². The van der Waals surface area contributed by atoms with Crippen LogP contribution >= 0.6 is 0 Å². The van der Waals surface area contributed by atoms with Gasteiger partial charge < -0.3 is 30.6 Å². The number of fused-ring (bicyclic) bond motifs is 3.